The quantitative estimate of drug-likeness (QED) is 0.660. The molecule has 32 heavy (non-hydrogen) atoms. The van der Waals surface area contributed by atoms with Gasteiger partial charge in [0.2, 0.25) is 0 Å². The van der Waals surface area contributed by atoms with Gasteiger partial charge in [-0.3, -0.25) is 14.7 Å². The van der Waals surface area contributed by atoms with Crippen LogP contribution in [0.5, 0.6) is 0 Å². The van der Waals surface area contributed by atoms with Crippen LogP contribution in [0.25, 0.3) is 0 Å². The maximum atomic E-state index is 13.0. The molecule has 0 radical (unpaired) electrons. The van der Waals surface area contributed by atoms with E-state index in [2.05, 4.69) is 15.5 Å². The predicted molar refractivity (Wildman–Crippen MR) is 119 cm³/mol. The standard InChI is InChI=1S/C21H28N4O3.C2H4O2/c1-13-10-18(14-6-5-9-22-11-14)28-21(27)19(13)20(26)25(2)12-17-15-7-3-4-8-16(15)23-24-17;1-2(3)4/h10,14,22H,3-9,11-12H2,1-2H3,(H,23,24);1H3,(H,3,4). The molecule has 0 aromatic carbocycles. The molecule has 1 atom stereocenters. The number of fused-ring (bicyclic) bond motifs is 1. The van der Waals surface area contributed by atoms with Crippen molar-refractivity contribution in [3.8, 4) is 0 Å². The van der Waals surface area contributed by atoms with E-state index in [1.807, 2.05) is 13.0 Å². The Labute approximate surface area is 187 Å². The van der Waals surface area contributed by atoms with E-state index in [0.29, 0.717) is 17.9 Å². The zero-order valence-electron chi connectivity index (χ0n) is 19.0. The van der Waals surface area contributed by atoms with Gasteiger partial charge in [-0.2, -0.15) is 5.10 Å². The monoisotopic (exact) mass is 444 g/mol. The molecule has 9 heteroatoms. The molecule has 1 amide bonds. The fourth-order valence-corrected chi connectivity index (χ4v) is 4.35. The first-order chi connectivity index (χ1) is 15.3. The van der Waals surface area contributed by atoms with Crippen LogP contribution < -0.4 is 10.9 Å². The molecule has 1 saturated heterocycles. The number of rotatable bonds is 4. The molecule has 1 unspecified atom stereocenters. The lowest BCUT2D eigenvalue weighted by molar-refractivity contribution is -0.134. The average Bonchev–Trinajstić information content (AvgIpc) is 3.16. The molecule has 2 aromatic rings. The van der Waals surface area contributed by atoms with Crippen molar-refractivity contribution in [1.29, 1.82) is 0 Å². The maximum absolute atomic E-state index is 13.0. The highest BCUT2D eigenvalue weighted by Gasteiger charge is 2.25. The van der Waals surface area contributed by atoms with E-state index in [1.165, 1.54) is 17.7 Å². The minimum absolute atomic E-state index is 0.124. The molecule has 0 spiro atoms. The summed E-state index contributed by atoms with van der Waals surface area (Å²) in [6.45, 7) is 5.09. The lowest BCUT2D eigenvalue weighted by atomic mass is 9.95. The molecular formula is C23H32N4O5. The van der Waals surface area contributed by atoms with E-state index in [4.69, 9.17) is 14.3 Å². The number of H-pyrrole nitrogens is 1. The van der Waals surface area contributed by atoms with Gasteiger partial charge in [-0.25, -0.2) is 4.79 Å². The third kappa shape index (κ3) is 5.64. The summed E-state index contributed by atoms with van der Waals surface area (Å²) in [5, 5.41) is 18.3. The zero-order chi connectivity index (χ0) is 23.3. The number of nitrogens with zero attached hydrogens (tertiary/aromatic N) is 2. The van der Waals surface area contributed by atoms with Gasteiger partial charge in [0.25, 0.3) is 11.9 Å². The second kappa shape index (κ2) is 10.6. The van der Waals surface area contributed by atoms with E-state index in [0.717, 1.165) is 57.8 Å². The van der Waals surface area contributed by atoms with Crippen molar-refractivity contribution in [2.75, 3.05) is 20.1 Å². The van der Waals surface area contributed by atoms with Crippen LogP contribution >= 0.6 is 0 Å². The topological polar surface area (TPSA) is 129 Å². The average molecular weight is 445 g/mol. The number of carboxylic acids is 1. The highest BCUT2D eigenvalue weighted by molar-refractivity contribution is 5.94. The molecule has 1 fully saturated rings. The maximum Gasteiger partial charge on any atom is 0.349 e. The van der Waals surface area contributed by atoms with Gasteiger partial charge in [-0.15, -0.1) is 0 Å². The molecule has 2 aromatic heterocycles. The summed E-state index contributed by atoms with van der Waals surface area (Å²) in [6.07, 6.45) is 6.39. The molecule has 9 nitrogen and oxygen atoms in total. The van der Waals surface area contributed by atoms with Crippen LogP contribution in [0.1, 0.15) is 77.2 Å². The molecule has 174 valence electrons. The van der Waals surface area contributed by atoms with E-state index >= 15 is 0 Å². The Hall–Kier alpha value is -2.94. The molecule has 1 aliphatic carbocycles. The predicted octanol–water partition coefficient (Wildman–Crippen LogP) is 2.38. The van der Waals surface area contributed by atoms with Crippen molar-refractivity contribution in [2.45, 2.75) is 64.8 Å². The number of hydrogen-bond acceptors (Lipinski definition) is 6. The molecule has 3 heterocycles. The lowest BCUT2D eigenvalue weighted by Gasteiger charge is -2.22. The van der Waals surface area contributed by atoms with Gasteiger partial charge in [0.1, 0.15) is 11.3 Å². The Morgan fingerprint density at radius 3 is 2.66 bits per heavy atom. The summed E-state index contributed by atoms with van der Waals surface area (Å²) in [5.41, 5.74) is 3.58. The summed E-state index contributed by atoms with van der Waals surface area (Å²) in [5.74, 6) is -0.278. The fraction of sp³-hybridized carbons (Fsp3) is 0.565. The second-order valence-electron chi connectivity index (χ2n) is 8.55. The van der Waals surface area contributed by atoms with Crippen LogP contribution in [0, 0.1) is 6.92 Å². The summed E-state index contributed by atoms with van der Waals surface area (Å²) >= 11 is 0. The van der Waals surface area contributed by atoms with Crippen molar-refractivity contribution in [3.63, 3.8) is 0 Å². The number of carbonyl (C=O) groups is 2. The summed E-state index contributed by atoms with van der Waals surface area (Å²) < 4.78 is 5.56. The largest absolute Gasteiger partial charge is 0.481 e. The second-order valence-corrected chi connectivity index (χ2v) is 8.55. The van der Waals surface area contributed by atoms with E-state index < -0.39 is 11.6 Å². The van der Waals surface area contributed by atoms with Crippen LogP contribution in [0.15, 0.2) is 15.3 Å². The minimum atomic E-state index is -0.833. The first-order valence-corrected chi connectivity index (χ1v) is 11.1. The van der Waals surface area contributed by atoms with E-state index in [9.17, 15) is 9.59 Å². The van der Waals surface area contributed by atoms with Crippen molar-refractivity contribution in [2.24, 2.45) is 0 Å². The third-order valence-corrected chi connectivity index (χ3v) is 5.96. The van der Waals surface area contributed by atoms with Gasteiger partial charge in [-0.1, -0.05) is 0 Å². The molecule has 2 aliphatic rings. The van der Waals surface area contributed by atoms with Crippen LogP contribution in [0.4, 0.5) is 0 Å². The van der Waals surface area contributed by atoms with Crippen molar-refractivity contribution in [3.05, 3.63) is 50.3 Å². The molecule has 1 aliphatic heterocycles. The van der Waals surface area contributed by atoms with Crippen LogP contribution in [0.2, 0.25) is 0 Å². The number of nitrogens with one attached hydrogen (secondary N) is 2. The van der Waals surface area contributed by atoms with Crippen LogP contribution in [-0.4, -0.2) is 52.2 Å². The Morgan fingerprint density at radius 1 is 1.28 bits per heavy atom. The number of aliphatic carboxylic acids is 1. The summed E-state index contributed by atoms with van der Waals surface area (Å²) in [4.78, 5) is 36.2. The van der Waals surface area contributed by atoms with Crippen molar-refractivity contribution < 1.29 is 19.1 Å². The van der Waals surface area contributed by atoms with Crippen molar-refractivity contribution >= 4 is 11.9 Å². The smallest absolute Gasteiger partial charge is 0.349 e. The normalized spacial score (nSPS) is 17.7. The van der Waals surface area contributed by atoms with Crippen molar-refractivity contribution in [1.82, 2.24) is 20.4 Å². The van der Waals surface area contributed by atoms with E-state index in [-0.39, 0.29) is 17.4 Å². The lowest BCUT2D eigenvalue weighted by Crippen LogP contribution is -2.33. The molecule has 4 rings (SSSR count). The van der Waals surface area contributed by atoms with Gasteiger partial charge in [-0.05, 0) is 69.2 Å². The SMILES string of the molecule is CC(=O)O.Cc1cc(C2CCCNC2)oc(=O)c1C(=O)N(C)Cc1n[nH]c2c1CCCC2. The number of aromatic nitrogens is 2. The Balaban J connectivity index is 0.000000668. The Morgan fingerprint density at radius 2 is 2.00 bits per heavy atom. The van der Waals surface area contributed by atoms with Gasteiger partial charge < -0.3 is 19.7 Å². The van der Waals surface area contributed by atoms with Gasteiger partial charge in [0, 0.05) is 32.1 Å². The fourth-order valence-electron chi connectivity index (χ4n) is 4.35. The third-order valence-electron chi connectivity index (χ3n) is 5.96. The number of amides is 1. The van der Waals surface area contributed by atoms with Gasteiger partial charge in [0.05, 0.1) is 12.2 Å². The number of aryl methyl sites for hydroxylation is 2. The number of carbonyl (C=O) groups excluding carboxylic acids is 1. The Kier molecular flexibility index (Phi) is 7.84. The molecule has 0 bridgehead atoms. The first-order valence-electron chi connectivity index (χ1n) is 11.1. The molecule has 3 N–H and O–H groups in total. The van der Waals surface area contributed by atoms with Crippen LogP contribution in [-0.2, 0) is 24.2 Å². The molecule has 0 saturated carbocycles. The van der Waals surface area contributed by atoms with E-state index in [1.54, 1.807) is 11.9 Å². The number of carboxylic acid groups (broad SMARTS) is 1. The molecular weight excluding hydrogens is 412 g/mol. The number of aromatic amines is 1. The number of hydrogen-bond donors (Lipinski definition) is 3. The van der Waals surface area contributed by atoms with Gasteiger partial charge >= 0.3 is 5.63 Å². The summed E-state index contributed by atoms with van der Waals surface area (Å²) in [7, 11) is 1.71. The van der Waals surface area contributed by atoms with Gasteiger partial charge in [0.15, 0.2) is 0 Å². The van der Waals surface area contributed by atoms with Crippen LogP contribution in [0.3, 0.4) is 0 Å². The zero-order valence-corrected chi connectivity index (χ0v) is 19.0. The summed E-state index contributed by atoms with van der Waals surface area (Å²) in [6, 6.07) is 1.86. The number of piperidine rings is 1. The highest BCUT2D eigenvalue weighted by atomic mass is 16.4. The highest BCUT2D eigenvalue weighted by Crippen LogP contribution is 2.25. The minimum Gasteiger partial charge on any atom is -0.481 e. The first kappa shape index (κ1) is 23.7. The Bertz CT molecular complexity index is 1020.